The first-order valence-electron chi connectivity index (χ1n) is 7.25. The third-order valence-electron chi connectivity index (χ3n) is 4.21. The lowest BCUT2D eigenvalue weighted by Gasteiger charge is -2.32. The van der Waals surface area contributed by atoms with Crippen LogP contribution in [0.3, 0.4) is 0 Å². The molecule has 0 unspecified atom stereocenters. The first-order chi connectivity index (χ1) is 11.2. The van der Waals surface area contributed by atoms with Crippen molar-refractivity contribution in [2.75, 3.05) is 7.11 Å². The SMILES string of the molecule is COc1cccc(B2OC(C)(C)C(C)(C)O2)c1OS(=O)(=O)C(F)(F)F. The zero-order chi connectivity index (χ0) is 19.3. The molecule has 140 valence electrons. The largest absolute Gasteiger partial charge is 0.534 e. The van der Waals surface area contributed by atoms with Crippen LogP contribution in [0.15, 0.2) is 18.2 Å². The molecule has 0 aliphatic carbocycles. The van der Waals surface area contributed by atoms with Crippen molar-refractivity contribution in [2.24, 2.45) is 0 Å². The summed E-state index contributed by atoms with van der Waals surface area (Å²) in [4.78, 5) is 0. The molecule has 0 radical (unpaired) electrons. The molecular weight excluding hydrogens is 364 g/mol. The Morgan fingerprint density at radius 2 is 1.60 bits per heavy atom. The van der Waals surface area contributed by atoms with Crippen molar-refractivity contribution in [1.82, 2.24) is 0 Å². The van der Waals surface area contributed by atoms with E-state index in [0.29, 0.717) is 0 Å². The number of alkyl halides is 3. The Kier molecular flexibility index (Phi) is 4.82. The smallest absolute Gasteiger partial charge is 0.493 e. The van der Waals surface area contributed by atoms with Crippen LogP contribution in [0.2, 0.25) is 0 Å². The van der Waals surface area contributed by atoms with Crippen LogP contribution in [-0.2, 0) is 19.4 Å². The average molecular weight is 382 g/mol. The van der Waals surface area contributed by atoms with Gasteiger partial charge in [-0.25, -0.2) is 0 Å². The summed E-state index contributed by atoms with van der Waals surface area (Å²) in [7, 11) is -5.83. The van der Waals surface area contributed by atoms with Gasteiger partial charge in [0.15, 0.2) is 11.5 Å². The number of halogens is 3. The Morgan fingerprint density at radius 1 is 1.08 bits per heavy atom. The highest BCUT2D eigenvalue weighted by atomic mass is 32.2. The van der Waals surface area contributed by atoms with E-state index in [1.54, 1.807) is 27.7 Å². The van der Waals surface area contributed by atoms with E-state index >= 15 is 0 Å². The molecule has 0 N–H and O–H groups in total. The van der Waals surface area contributed by atoms with Crippen LogP contribution in [0.4, 0.5) is 13.2 Å². The van der Waals surface area contributed by atoms with Crippen molar-refractivity contribution in [1.29, 1.82) is 0 Å². The number of benzene rings is 1. The summed E-state index contributed by atoms with van der Waals surface area (Å²) in [6.45, 7) is 7.00. The summed E-state index contributed by atoms with van der Waals surface area (Å²) in [6, 6.07) is 4.09. The molecular formula is C14H18BF3O6S. The van der Waals surface area contributed by atoms with Gasteiger partial charge in [-0.3, -0.25) is 0 Å². The molecule has 0 spiro atoms. The van der Waals surface area contributed by atoms with Crippen molar-refractivity contribution < 1.29 is 39.8 Å². The fourth-order valence-electron chi connectivity index (χ4n) is 2.10. The van der Waals surface area contributed by atoms with Crippen molar-refractivity contribution in [3.63, 3.8) is 0 Å². The van der Waals surface area contributed by atoms with Crippen LogP contribution < -0.4 is 14.4 Å². The molecule has 0 aromatic heterocycles. The molecule has 1 saturated heterocycles. The number of ether oxygens (including phenoxy) is 1. The lowest BCUT2D eigenvalue weighted by Crippen LogP contribution is -2.41. The fraction of sp³-hybridized carbons (Fsp3) is 0.571. The second kappa shape index (κ2) is 6.06. The summed E-state index contributed by atoms with van der Waals surface area (Å²) in [5.74, 6) is -0.819. The van der Waals surface area contributed by atoms with Gasteiger partial charge in [-0.05, 0) is 33.8 Å². The topological polar surface area (TPSA) is 71.1 Å². The van der Waals surface area contributed by atoms with Gasteiger partial charge in [0.05, 0.1) is 18.3 Å². The maximum absolute atomic E-state index is 12.7. The zero-order valence-electron chi connectivity index (χ0n) is 14.3. The highest BCUT2D eigenvalue weighted by Gasteiger charge is 2.54. The molecule has 0 amide bonds. The van der Waals surface area contributed by atoms with Gasteiger partial charge in [-0.2, -0.15) is 21.6 Å². The molecule has 25 heavy (non-hydrogen) atoms. The van der Waals surface area contributed by atoms with Crippen molar-refractivity contribution >= 4 is 22.7 Å². The molecule has 1 heterocycles. The summed E-state index contributed by atoms with van der Waals surface area (Å²) < 4.78 is 81.7. The summed E-state index contributed by atoms with van der Waals surface area (Å²) in [5.41, 5.74) is -7.16. The Bertz CT molecular complexity index is 744. The predicted molar refractivity (Wildman–Crippen MR) is 84.3 cm³/mol. The van der Waals surface area contributed by atoms with Crippen LogP contribution in [0, 0.1) is 0 Å². The van der Waals surface area contributed by atoms with E-state index in [4.69, 9.17) is 14.0 Å². The molecule has 0 bridgehead atoms. The molecule has 1 aromatic carbocycles. The van der Waals surface area contributed by atoms with Gasteiger partial charge in [-0.1, -0.05) is 12.1 Å². The van der Waals surface area contributed by atoms with Crippen LogP contribution in [0.5, 0.6) is 11.5 Å². The quantitative estimate of drug-likeness (QED) is 0.452. The standard InChI is InChI=1S/C14H18BF3O6S/c1-12(2)13(3,4)24-15(23-12)9-7-6-8-10(21-5)11(9)22-25(19,20)14(16,17)18/h6-8H,1-5H3. The van der Waals surface area contributed by atoms with E-state index in [1.807, 2.05) is 0 Å². The molecule has 11 heteroatoms. The summed E-state index contributed by atoms with van der Waals surface area (Å²) in [6.07, 6.45) is 0. The summed E-state index contributed by atoms with van der Waals surface area (Å²) in [5, 5.41) is 0. The van der Waals surface area contributed by atoms with Gasteiger partial charge in [0.25, 0.3) is 0 Å². The van der Waals surface area contributed by atoms with Gasteiger partial charge >= 0.3 is 22.7 Å². The first-order valence-corrected chi connectivity index (χ1v) is 8.66. The van der Waals surface area contributed by atoms with Crippen LogP contribution >= 0.6 is 0 Å². The van der Waals surface area contributed by atoms with Gasteiger partial charge in [0.1, 0.15) is 0 Å². The van der Waals surface area contributed by atoms with E-state index in [0.717, 1.165) is 0 Å². The van der Waals surface area contributed by atoms with Crippen LogP contribution in [0.1, 0.15) is 27.7 Å². The number of methoxy groups -OCH3 is 1. The Hall–Kier alpha value is -1.46. The third-order valence-corrected chi connectivity index (χ3v) is 5.17. The lowest BCUT2D eigenvalue weighted by atomic mass is 9.78. The first kappa shape index (κ1) is 19.9. The van der Waals surface area contributed by atoms with Gasteiger partial charge in [0, 0.05) is 5.46 Å². The second-order valence-electron chi connectivity index (χ2n) is 6.45. The van der Waals surface area contributed by atoms with Crippen LogP contribution in [-0.4, -0.2) is 39.4 Å². The second-order valence-corrected chi connectivity index (χ2v) is 7.99. The minimum absolute atomic E-state index is 0.0224. The zero-order valence-corrected chi connectivity index (χ0v) is 15.1. The Morgan fingerprint density at radius 3 is 2.04 bits per heavy atom. The summed E-state index contributed by atoms with van der Waals surface area (Å²) >= 11 is 0. The Labute approximate surface area is 144 Å². The highest BCUT2D eigenvalue weighted by molar-refractivity contribution is 7.88. The monoisotopic (exact) mass is 382 g/mol. The molecule has 0 saturated carbocycles. The van der Waals surface area contributed by atoms with E-state index in [-0.39, 0.29) is 11.2 Å². The Balaban J connectivity index is 2.52. The molecule has 0 atom stereocenters. The van der Waals surface area contributed by atoms with Crippen molar-refractivity contribution in [3.05, 3.63) is 18.2 Å². The molecule has 6 nitrogen and oxygen atoms in total. The van der Waals surface area contributed by atoms with Crippen molar-refractivity contribution in [2.45, 2.75) is 44.4 Å². The third kappa shape index (κ3) is 3.58. The molecule has 1 fully saturated rings. The maximum atomic E-state index is 12.7. The van der Waals surface area contributed by atoms with Crippen molar-refractivity contribution in [3.8, 4) is 11.5 Å². The minimum atomic E-state index is -5.88. The van der Waals surface area contributed by atoms with E-state index in [2.05, 4.69) is 4.18 Å². The predicted octanol–water partition coefficient (Wildman–Crippen LogP) is 2.22. The number of hydrogen-bond acceptors (Lipinski definition) is 6. The highest BCUT2D eigenvalue weighted by Crippen LogP contribution is 2.39. The number of rotatable bonds is 4. The average Bonchev–Trinajstić information content (AvgIpc) is 2.65. The number of hydrogen-bond donors (Lipinski definition) is 0. The van der Waals surface area contributed by atoms with Crippen LogP contribution in [0.25, 0.3) is 0 Å². The molecule has 1 aliphatic rings. The fourth-order valence-corrected chi connectivity index (χ4v) is 2.59. The molecule has 2 rings (SSSR count). The van der Waals surface area contributed by atoms with E-state index in [1.165, 1.54) is 25.3 Å². The van der Waals surface area contributed by atoms with Gasteiger partial charge in [-0.15, -0.1) is 0 Å². The minimum Gasteiger partial charge on any atom is -0.493 e. The maximum Gasteiger partial charge on any atom is 0.534 e. The number of para-hydroxylation sites is 1. The molecule has 1 aromatic rings. The van der Waals surface area contributed by atoms with Gasteiger partial charge < -0.3 is 18.2 Å². The van der Waals surface area contributed by atoms with E-state index in [9.17, 15) is 21.6 Å². The van der Waals surface area contributed by atoms with Gasteiger partial charge in [0.2, 0.25) is 0 Å². The molecule has 1 aliphatic heterocycles. The lowest BCUT2D eigenvalue weighted by molar-refractivity contribution is -0.0500. The normalized spacial score (nSPS) is 19.8. The van der Waals surface area contributed by atoms with E-state index < -0.39 is 39.7 Å².